The number of allylic oxidation sites excluding steroid dienone is 3. The minimum absolute atomic E-state index is 0.0949. The second-order valence-electron chi connectivity index (χ2n) is 7.82. The number of carboxylic acid groups (broad SMARTS) is 1. The van der Waals surface area contributed by atoms with Crippen LogP contribution in [0.2, 0.25) is 0 Å². The van der Waals surface area contributed by atoms with Gasteiger partial charge in [-0.2, -0.15) is 0 Å². The predicted molar refractivity (Wildman–Crippen MR) is 121 cm³/mol. The third-order valence-corrected chi connectivity index (χ3v) is 4.89. The molecule has 0 heterocycles. The SMILES string of the molecule is CCC/C=C\C/C=C\C(CCCCCCC(=O)O)OC(=O)CCCCCCCC. The Hall–Kier alpha value is -1.58. The van der Waals surface area contributed by atoms with Crippen LogP contribution < -0.4 is 0 Å². The number of ether oxygens (including phenoxy) is 1. The van der Waals surface area contributed by atoms with Gasteiger partial charge < -0.3 is 9.84 Å². The molecule has 0 saturated carbocycles. The van der Waals surface area contributed by atoms with E-state index < -0.39 is 5.97 Å². The van der Waals surface area contributed by atoms with E-state index >= 15 is 0 Å². The van der Waals surface area contributed by atoms with Crippen molar-refractivity contribution in [2.24, 2.45) is 0 Å². The van der Waals surface area contributed by atoms with Crippen LogP contribution in [-0.4, -0.2) is 23.1 Å². The van der Waals surface area contributed by atoms with Crippen LogP contribution in [0.5, 0.6) is 0 Å². The van der Waals surface area contributed by atoms with Gasteiger partial charge in [0.2, 0.25) is 0 Å². The molecule has 29 heavy (non-hydrogen) atoms. The molecule has 0 amide bonds. The summed E-state index contributed by atoms with van der Waals surface area (Å²) in [7, 11) is 0. The van der Waals surface area contributed by atoms with Crippen molar-refractivity contribution >= 4 is 11.9 Å². The highest BCUT2D eigenvalue weighted by atomic mass is 16.5. The number of aliphatic carboxylic acids is 1. The second-order valence-corrected chi connectivity index (χ2v) is 7.82. The van der Waals surface area contributed by atoms with Crippen LogP contribution in [-0.2, 0) is 14.3 Å². The zero-order chi connectivity index (χ0) is 21.6. The Morgan fingerprint density at radius 2 is 1.45 bits per heavy atom. The van der Waals surface area contributed by atoms with E-state index in [0.29, 0.717) is 6.42 Å². The lowest BCUT2D eigenvalue weighted by atomic mass is 10.1. The fourth-order valence-corrected chi connectivity index (χ4v) is 3.14. The van der Waals surface area contributed by atoms with Gasteiger partial charge in [0.1, 0.15) is 6.10 Å². The average Bonchev–Trinajstić information content (AvgIpc) is 2.69. The lowest BCUT2D eigenvalue weighted by Gasteiger charge is -2.14. The van der Waals surface area contributed by atoms with Gasteiger partial charge in [0.25, 0.3) is 0 Å². The van der Waals surface area contributed by atoms with Crippen LogP contribution in [0.3, 0.4) is 0 Å². The number of hydrogen-bond acceptors (Lipinski definition) is 3. The number of carboxylic acids is 1. The molecule has 1 N–H and O–H groups in total. The van der Waals surface area contributed by atoms with Gasteiger partial charge in [-0.25, -0.2) is 0 Å². The Morgan fingerprint density at radius 3 is 2.14 bits per heavy atom. The highest BCUT2D eigenvalue weighted by Gasteiger charge is 2.11. The van der Waals surface area contributed by atoms with Crippen LogP contribution in [0.4, 0.5) is 0 Å². The summed E-state index contributed by atoms with van der Waals surface area (Å²) < 4.78 is 5.71. The first-order valence-electron chi connectivity index (χ1n) is 11.8. The average molecular weight is 409 g/mol. The normalized spacial score (nSPS) is 12.6. The molecule has 0 aliphatic rings. The van der Waals surface area contributed by atoms with Crippen LogP contribution in [0, 0.1) is 0 Å². The number of unbranched alkanes of at least 4 members (excludes halogenated alkanes) is 9. The molecule has 4 nitrogen and oxygen atoms in total. The maximum atomic E-state index is 12.2. The first-order valence-corrected chi connectivity index (χ1v) is 11.8. The van der Waals surface area contributed by atoms with Crippen molar-refractivity contribution < 1.29 is 19.4 Å². The minimum atomic E-state index is -0.731. The molecule has 168 valence electrons. The van der Waals surface area contributed by atoms with E-state index in [4.69, 9.17) is 9.84 Å². The quantitative estimate of drug-likeness (QED) is 0.130. The molecule has 0 aliphatic heterocycles. The zero-order valence-electron chi connectivity index (χ0n) is 18.9. The van der Waals surface area contributed by atoms with E-state index in [1.165, 1.54) is 25.7 Å². The van der Waals surface area contributed by atoms with Crippen LogP contribution in [0.25, 0.3) is 0 Å². The highest BCUT2D eigenvalue weighted by Crippen LogP contribution is 2.14. The molecule has 0 radical (unpaired) electrons. The van der Waals surface area contributed by atoms with E-state index in [0.717, 1.165) is 64.2 Å². The van der Waals surface area contributed by atoms with Crippen molar-refractivity contribution in [3.05, 3.63) is 24.3 Å². The van der Waals surface area contributed by atoms with Gasteiger partial charge in [-0.15, -0.1) is 0 Å². The van der Waals surface area contributed by atoms with Gasteiger partial charge in [-0.3, -0.25) is 9.59 Å². The lowest BCUT2D eigenvalue weighted by molar-refractivity contribution is -0.147. The summed E-state index contributed by atoms with van der Waals surface area (Å²) in [4.78, 5) is 22.8. The van der Waals surface area contributed by atoms with Crippen molar-refractivity contribution in [1.29, 1.82) is 0 Å². The highest BCUT2D eigenvalue weighted by molar-refractivity contribution is 5.69. The summed E-state index contributed by atoms with van der Waals surface area (Å²) in [6.07, 6.45) is 23.5. The van der Waals surface area contributed by atoms with Crippen LogP contribution in [0.15, 0.2) is 24.3 Å². The monoisotopic (exact) mass is 408 g/mol. The molecule has 1 unspecified atom stereocenters. The maximum absolute atomic E-state index is 12.2. The fourth-order valence-electron chi connectivity index (χ4n) is 3.14. The molecule has 0 rings (SSSR count). The van der Waals surface area contributed by atoms with E-state index in [2.05, 4.69) is 32.1 Å². The largest absolute Gasteiger partial charge is 0.481 e. The molecule has 0 saturated heterocycles. The van der Waals surface area contributed by atoms with Gasteiger partial charge in [0, 0.05) is 12.8 Å². The third kappa shape index (κ3) is 21.0. The number of rotatable bonds is 20. The second kappa shape index (κ2) is 21.1. The van der Waals surface area contributed by atoms with E-state index in [-0.39, 0.29) is 18.5 Å². The molecular weight excluding hydrogens is 364 g/mol. The van der Waals surface area contributed by atoms with E-state index in [1.54, 1.807) is 0 Å². The molecule has 4 heteroatoms. The smallest absolute Gasteiger partial charge is 0.306 e. The molecule has 0 bridgehead atoms. The van der Waals surface area contributed by atoms with E-state index in [9.17, 15) is 9.59 Å². The van der Waals surface area contributed by atoms with Gasteiger partial charge in [0.05, 0.1) is 0 Å². The van der Waals surface area contributed by atoms with Crippen LogP contribution >= 0.6 is 0 Å². The summed E-state index contributed by atoms with van der Waals surface area (Å²) in [5.74, 6) is -0.826. The first-order chi connectivity index (χ1) is 14.1. The predicted octanol–water partition coefficient (Wildman–Crippen LogP) is 7.38. The molecule has 0 aliphatic carbocycles. The van der Waals surface area contributed by atoms with Crippen molar-refractivity contribution in [2.75, 3.05) is 0 Å². The van der Waals surface area contributed by atoms with Crippen molar-refractivity contribution in [2.45, 2.75) is 123 Å². The summed E-state index contributed by atoms with van der Waals surface area (Å²) in [5.41, 5.74) is 0. The summed E-state index contributed by atoms with van der Waals surface area (Å²) >= 11 is 0. The summed E-state index contributed by atoms with van der Waals surface area (Å²) in [5, 5.41) is 8.69. The van der Waals surface area contributed by atoms with Gasteiger partial charge in [0.15, 0.2) is 0 Å². The number of carbonyl (C=O) groups excluding carboxylic acids is 1. The first kappa shape index (κ1) is 27.4. The molecule has 1 atom stereocenters. The zero-order valence-corrected chi connectivity index (χ0v) is 18.9. The Kier molecular flexibility index (Phi) is 20.0. The molecule has 0 aromatic rings. The lowest BCUT2D eigenvalue weighted by Crippen LogP contribution is -2.16. The maximum Gasteiger partial charge on any atom is 0.306 e. The molecular formula is C25H44O4. The molecule has 0 aromatic heterocycles. The molecule has 0 spiro atoms. The molecule has 0 aromatic carbocycles. The van der Waals surface area contributed by atoms with Gasteiger partial charge in [-0.05, 0) is 44.6 Å². The standard InChI is InChI=1S/C25H44O4/c1-3-5-7-9-11-15-19-23(20-16-13-14-17-21-24(26)27)29-25(28)22-18-12-10-8-6-4-2/h7,9,15,19,23H,3-6,8,10-14,16-18,20-22H2,1-2H3,(H,26,27)/b9-7-,19-15-. The number of hydrogen-bond donors (Lipinski definition) is 1. The fraction of sp³-hybridized carbons (Fsp3) is 0.760. The van der Waals surface area contributed by atoms with Gasteiger partial charge in [-0.1, -0.05) is 83.4 Å². The van der Waals surface area contributed by atoms with Crippen molar-refractivity contribution in [3.8, 4) is 0 Å². The topological polar surface area (TPSA) is 63.6 Å². The van der Waals surface area contributed by atoms with Crippen molar-refractivity contribution in [3.63, 3.8) is 0 Å². The van der Waals surface area contributed by atoms with Gasteiger partial charge >= 0.3 is 11.9 Å². The third-order valence-electron chi connectivity index (χ3n) is 4.89. The summed E-state index contributed by atoms with van der Waals surface area (Å²) in [6, 6.07) is 0. The van der Waals surface area contributed by atoms with Crippen molar-refractivity contribution in [1.82, 2.24) is 0 Å². The molecule has 0 fully saturated rings. The van der Waals surface area contributed by atoms with E-state index in [1.807, 2.05) is 6.08 Å². The Bertz CT molecular complexity index is 454. The Labute approximate surface area is 178 Å². The number of esters is 1. The Balaban J connectivity index is 4.22. The Morgan fingerprint density at radius 1 is 0.793 bits per heavy atom. The number of carbonyl (C=O) groups is 2. The summed E-state index contributed by atoms with van der Waals surface area (Å²) in [6.45, 7) is 4.37. The minimum Gasteiger partial charge on any atom is -0.481 e. The van der Waals surface area contributed by atoms with Crippen LogP contribution in [0.1, 0.15) is 117 Å².